The van der Waals surface area contributed by atoms with Crippen LogP contribution < -0.4 is 5.32 Å². The van der Waals surface area contributed by atoms with Crippen molar-refractivity contribution in [1.82, 2.24) is 10.2 Å². The highest BCUT2D eigenvalue weighted by Gasteiger charge is 2.18. The minimum atomic E-state index is 0.659. The van der Waals surface area contributed by atoms with E-state index in [-0.39, 0.29) is 0 Å². The third-order valence-corrected chi connectivity index (χ3v) is 4.22. The summed E-state index contributed by atoms with van der Waals surface area (Å²) in [7, 11) is 0. The Morgan fingerprint density at radius 1 is 1.05 bits per heavy atom. The van der Waals surface area contributed by atoms with Crippen LogP contribution in [-0.2, 0) is 13.0 Å². The molecule has 3 heteroatoms. The minimum Gasteiger partial charge on any atom is -0.469 e. The van der Waals surface area contributed by atoms with E-state index in [1.807, 2.05) is 12.1 Å². The molecule has 0 radical (unpaired) electrons. The fourth-order valence-electron chi connectivity index (χ4n) is 2.99. The van der Waals surface area contributed by atoms with Gasteiger partial charge in [-0.2, -0.15) is 0 Å². The van der Waals surface area contributed by atoms with E-state index in [0.717, 1.165) is 25.3 Å². The topological polar surface area (TPSA) is 28.4 Å². The Bertz CT molecular complexity index is 501. The maximum atomic E-state index is 5.36. The average molecular weight is 284 g/mol. The number of hydrogen-bond donors (Lipinski definition) is 1. The zero-order valence-corrected chi connectivity index (χ0v) is 12.5. The number of furan rings is 1. The Morgan fingerprint density at radius 3 is 2.57 bits per heavy atom. The second-order valence-corrected chi connectivity index (χ2v) is 5.82. The molecule has 0 unspecified atom stereocenters. The minimum absolute atomic E-state index is 0.659. The molecule has 1 N–H and O–H groups in total. The first-order valence-corrected chi connectivity index (χ1v) is 7.92. The molecule has 0 amide bonds. The van der Waals surface area contributed by atoms with Crippen molar-refractivity contribution in [3.8, 4) is 0 Å². The summed E-state index contributed by atoms with van der Waals surface area (Å²) in [6, 6.07) is 15.4. The number of likely N-dealkylation sites (tertiary alicyclic amines) is 1. The van der Waals surface area contributed by atoms with E-state index in [2.05, 4.69) is 40.5 Å². The van der Waals surface area contributed by atoms with Gasteiger partial charge in [0.25, 0.3) is 0 Å². The molecule has 1 aliphatic heterocycles. The second kappa shape index (κ2) is 7.43. The summed E-state index contributed by atoms with van der Waals surface area (Å²) >= 11 is 0. The number of rotatable bonds is 6. The maximum absolute atomic E-state index is 5.36. The lowest BCUT2D eigenvalue weighted by molar-refractivity contribution is 0.191. The molecular formula is C18H24N2O. The van der Waals surface area contributed by atoms with Crippen LogP contribution in [0.5, 0.6) is 0 Å². The third-order valence-electron chi connectivity index (χ3n) is 4.22. The summed E-state index contributed by atoms with van der Waals surface area (Å²) in [5.41, 5.74) is 1.42. The lowest BCUT2D eigenvalue weighted by Gasteiger charge is -2.32. The van der Waals surface area contributed by atoms with Crippen LogP contribution in [0.1, 0.15) is 24.2 Å². The van der Waals surface area contributed by atoms with Gasteiger partial charge in [0.1, 0.15) is 5.76 Å². The smallest absolute Gasteiger partial charge is 0.105 e. The fourth-order valence-corrected chi connectivity index (χ4v) is 2.99. The molecule has 0 atom stereocenters. The molecule has 1 aliphatic rings. The molecule has 1 fully saturated rings. The number of nitrogens with zero attached hydrogens (tertiary/aromatic N) is 1. The van der Waals surface area contributed by atoms with Crippen LogP contribution in [0.3, 0.4) is 0 Å². The van der Waals surface area contributed by atoms with Gasteiger partial charge in [-0.25, -0.2) is 0 Å². The zero-order chi connectivity index (χ0) is 14.3. The second-order valence-electron chi connectivity index (χ2n) is 5.82. The number of benzene rings is 1. The molecule has 1 aromatic carbocycles. The quantitative estimate of drug-likeness (QED) is 0.883. The summed E-state index contributed by atoms with van der Waals surface area (Å²) in [6.45, 7) is 4.47. The summed E-state index contributed by atoms with van der Waals surface area (Å²) in [5.74, 6) is 1.07. The van der Waals surface area contributed by atoms with Crippen molar-refractivity contribution in [3.05, 3.63) is 60.1 Å². The standard InChI is InChI=1S/C18H24N2O/c1-2-5-16(6-3-1)15-20-12-9-17(10-13-20)19-11-8-18-7-4-14-21-18/h1-7,14,17,19H,8-13,15H2. The van der Waals surface area contributed by atoms with Crippen molar-refractivity contribution >= 4 is 0 Å². The Hall–Kier alpha value is -1.58. The van der Waals surface area contributed by atoms with E-state index in [4.69, 9.17) is 4.42 Å². The molecular weight excluding hydrogens is 260 g/mol. The maximum Gasteiger partial charge on any atom is 0.105 e. The van der Waals surface area contributed by atoms with E-state index in [0.29, 0.717) is 6.04 Å². The van der Waals surface area contributed by atoms with Crippen molar-refractivity contribution in [2.24, 2.45) is 0 Å². The number of piperidine rings is 1. The van der Waals surface area contributed by atoms with E-state index in [1.165, 1.54) is 31.5 Å². The lowest BCUT2D eigenvalue weighted by atomic mass is 10.0. The number of hydrogen-bond acceptors (Lipinski definition) is 3. The normalized spacial score (nSPS) is 17.1. The summed E-state index contributed by atoms with van der Waals surface area (Å²) in [5, 5.41) is 3.66. The molecule has 1 aromatic heterocycles. The van der Waals surface area contributed by atoms with Crippen LogP contribution in [-0.4, -0.2) is 30.6 Å². The highest BCUT2D eigenvalue weighted by atomic mass is 16.3. The Labute approximate surface area is 127 Å². The SMILES string of the molecule is c1ccc(CN2CCC(NCCc3ccco3)CC2)cc1. The highest BCUT2D eigenvalue weighted by Crippen LogP contribution is 2.14. The zero-order valence-electron chi connectivity index (χ0n) is 12.5. The van der Waals surface area contributed by atoms with Crippen LogP contribution >= 0.6 is 0 Å². The van der Waals surface area contributed by atoms with Gasteiger partial charge >= 0.3 is 0 Å². The van der Waals surface area contributed by atoms with Crippen LogP contribution in [0.15, 0.2) is 53.1 Å². The van der Waals surface area contributed by atoms with Crippen molar-refractivity contribution in [2.75, 3.05) is 19.6 Å². The molecule has 0 aliphatic carbocycles. The predicted octanol–water partition coefficient (Wildman–Crippen LogP) is 3.08. The Kier molecular flexibility index (Phi) is 5.08. The van der Waals surface area contributed by atoms with Crippen LogP contribution in [0.4, 0.5) is 0 Å². The first-order valence-electron chi connectivity index (χ1n) is 7.92. The first kappa shape index (κ1) is 14.4. The largest absolute Gasteiger partial charge is 0.469 e. The Morgan fingerprint density at radius 2 is 1.86 bits per heavy atom. The van der Waals surface area contributed by atoms with Crippen LogP contribution in [0, 0.1) is 0 Å². The van der Waals surface area contributed by atoms with Crippen molar-refractivity contribution in [1.29, 1.82) is 0 Å². The molecule has 21 heavy (non-hydrogen) atoms. The van der Waals surface area contributed by atoms with Crippen molar-refractivity contribution < 1.29 is 4.42 Å². The van der Waals surface area contributed by atoms with Gasteiger partial charge in [-0.3, -0.25) is 4.90 Å². The van der Waals surface area contributed by atoms with Gasteiger partial charge in [-0.15, -0.1) is 0 Å². The molecule has 0 bridgehead atoms. The summed E-state index contributed by atoms with van der Waals surface area (Å²) in [4.78, 5) is 2.56. The van der Waals surface area contributed by atoms with Gasteiger partial charge in [-0.1, -0.05) is 30.3 Å². The van der Waals surface area contributed by atoms with Gasteiger partial charge in [0.2, 0.25) is 0 Å². The van der Waals surface area contributed by atoms with Gasteiger partial charge < -0.3 is 9.73 Å². The van der Waals surface area contributed by atoms with Gasteiger partial charge in [0.05, 0.1) is 6.26 Å². The summed E-state index contributed by atoms with van der Waals surface area (Å²) < 4.78 is 5.36. The molecule has 3 rings (SSSR count). The first-order chi connectivity index (χ1) is 10.4. The third kappa shape index (κ3) is 4.45. The predicted molar refractivity (Wildman–Crippen MR) is 85.2 cm³/mol. The van der Waals surface area contributed by atoms with E-state index in [9.17, 15) is 0 Å². The van der Waals surface area contributed by atoms with Crippen molar-refractivity contribution in [2.45, 2.75) is 31.8 Å². The van der Waals surface area contributed by atoms with Gasteiger partial charge in [0.15, 0.2) is 0 Å². The molecule has 2 aromatic rings. The monoisotopic (exact) mass is 284 g/mol. The Balaban J connectivity index is 1.35. The molecule has 1 saturated heterocycles. The molecule has 0 saturated carbocycles. The highest BCUT2D eigenvalue weighted by molar-refractivity contribution is 5.14. The number of nitrogens with one attached hydrogen (secondary N) is 1. The average Bonchev–Trinajstić information content (AvgIpc) is 3.03. The lowest BCUT2D eigenvalue weighted by Crippen LogP contribution is -2.42. The molecule has 0 spiro atoms. The molecule has 2 heterocycles. The van der Waals surface area contributed by atoms with Crippen LogP contribution in [0.25, 0.3) is 0 Å². The van der Waals surface area contributed by atoms with E-state index < -0.39 is 0 Å². The fraction of sp³-hybridized carbons (Fsp3) is 0.444. The van der Waals surface area contributed by atoms with E-state index in [1.54, 1.807) is 6.26 Å². The van der Waals surface area contributed by atoms with Gasteiger partial charge in [0, 0.05) is 25.6 Å². The molecule has 112 valence electrons. The molecule has 3 nitrogen and oxygen atoms in total. The van der Waals surface area contributed by atoms with Gasteiger partial charge in [-0.05, 0) is 43.6 Å². The summed E-state index contributed by atoms with van der Waals surface area (Å²) in [6.07, 6.45) is 5.21. The van der Waals surface area contributed by atoms with Crippen LogP contribution in [0.2, 0.25) is 0 Å². The van der Waals surface area contributed by atoms with E-state index >= 15 is 0 Å². The van der Waals surface area contributed by atoms with Crippen molar-refractivity contribution in [3.63, 3.8) is 0 Å².